The lowest BCUT2D eigenvalue weighted by molar-refractivity contribution is 0.276. The first-order valence-corrected chi connectivity index (χ1v) is 3.36. The molecule has 0 fully saturated rings. The predicted molar refractivity (Wildman–Crippen MR) is 41.4 cm³/mol. The molecule has 0 saturated heterocycles. The molecular formula is C8H8N2O2. The Kier molecular flexibility index (Phi) is 2.62. The number of pyridine rings is 1. The second kappa shape index (κ2) is 3.69. The van der Waals surface area contributed by atoms with Crippen molar-refractivity contribution in [3.8, 4) is 11.8 Å². The van der Waals surface area contributed by atoms with E-state index >= 15 is 0 Å². The monoisotopic (exact) mass is 164 g/mol. The number of hydrogen-bond acceptors (Lipinski definition) is 4. The lowest BCUT2D eigenvalue weighted by atomic mass is 10.3. The molecule has 1 heterocycles. The molecule has 4 nitrogen and oxygen atoms in total. The number of aliphatic hydroxyl groups is 1. The van der Waals surface area contributed by atoms with Crippen molar-refractivity contribution in [2.75, 3.05) is 7.11 Å². The maximum absolute atomic E-state index is 8.71. The van der Waals surface area contributed by atoms with Crippen molar-refractivity contribution >= 4 is 0 Å². The first kappa shape index (κ1) is 8.50. The van der Waals surface area contributed by atoms with Gasteiger partial charge in [-0.3, -0.25) is 0 Å². The average molecular weight is 164 g/mol. The van der Waals surface area contributed by atoms with Gasteiger partial charge in [-0.15, -0.1) is 0 Å². The van der Waals surface area contributed by atoms with Crippen LogP contribution in [0.5, 0.6) is 5.75 Å². The normalized spacial score (nSPS) is 9.08. The lowest BCUT2D eigenvalue weighted by Crippen LogP contribution is -1.95. The highest BCUT2D eigenvalue weighted by Gasteiger charge is 2.03. The van der Waals surface area contributed by atoms with E-state index in [1.54, 1.807) is 12.1 Å². The van der Waals surface area contributed by atoms with E-state index in [4.69, 9.17) is 15.1 Å². The molecule has 4 heteroatoms. The lowest BCUT2D eigenvalue weighted by Gasteiger charge is -2.01. The first-order valence-electron chi connectivity index (χ1n) is 3.36. The van der Waals surface area contributed by atoms with Gasteiger partial charge in [-0.25, -0.2) is 4.98 Å². The second-order valence-corrected chi connectivity index (χ2v) is 2.12. The van der Waals surface area contributed by atoms with Crippen molar-refractivity contribution in [2.45, 2.75) is 6.61 Å². The van der Waals surface area contributed by atoms with E-state index in [-0.39, 0.29) is 12.3 Å². The Morgan fingerprint density at radius 2 is 2.42 bits per heavy atom. The molecule has 1 N–H and O–H groups in total. The average Bonchev–Trinajstić information content (AvgIpc) is 2.16. The van der Waals surface area contributed by atoms with Gasteiger partial charge in [-0.05, 0) is 12.1 Å². The number of rotatable bonds is 2. The number of ether oxygens (including phenoxy) is 1. The summed E-state index contributed by atoms with van der Waals surface area (Å²) < 4.78 is 4.87. The molecule has 0 amide bonds. The van der Waals surface area contributed by atoms with E-state index < -0.39 is 0 Å². The smallest absolute Gasteiger partial charge is 0.182 e. The van der Waals surface area contributed by atoms with Crippen LogP contribution in [0.15, 0.2) is 12.1 Å². The Hall–Kier alpha value is -1.60. The van der Waals surface area contributed by atoms with Gasteiger partial charge in [-0.1, -0.05) is 0 Å². The van der Waals surface area contributed by atoms with Crippen LogP contribution in [0.25, 0.3) is 0 Å². The predicted octanol–water partition coefficient (Wildman–Crippen LogP) is 0.454. The molecule has 0 saturated carbocycles. The van der Waals surface area contributed by atoms with Gasteiger partial charge in [0, 0.05) is 0 Å². The largest absolute Gasteiger partial charge is 0.494 e. The summed E-state index contributed by atoms with van der Waals surface area (Å²) in [6, 6.07) is 5.09. The summed E-state index contributed by atoms with van der Waals surface area (Å²) in [6.45, 7) is -0.168. The Labute approximate surface area is 70.0 Å². The Morgan fingerprint density at radius 1 is 1.67 bits per heavy atom. The Morgan fingerprint density at radius 3 is 2.92 bits per heavy atom. The molecule has 1 rings (SSSR count). The molecule has 0 aliphatic carbocycles. The van der Waals surface area contributed by atoms with Crippen molar-refractivity contribution in [2.24, 2.45) is 0 Å². The zero-order valence-corrected chi connectivity index (χ0v) is 6.61. The van der Waals surface area contributed by atoms with E-state index in [9.17, 15) is 0 Å². The minimum Gasteiger partial charge on any atom is -0.494 e. The van der Waals surface area contributed by atoms with Crippen molar-refractivity contribution < 1.29 is 9.84 Å². The van der Waals surface area contributed by atoms with E-state index in [2.05, 4.69) is 4.98 Å². The summed E-state index contributed by atoms with van der Waals surface area (Å²) in [5.41, 5.74) is 0.663. The molecule has 0 aromatic carbocycles. The molecule has 1 aromatic heterocycles. The minimum atomic E-state index is -0.168. The summed E-state index contributed by atoms with van der Waals surface area (Å²) >= 11 is 0. The first-order chi connectivity index (χ1) is 5.81. The Balaban J connectivity index is 3.13. The molecule has 0 bridgehead atoms. The van der Waals surface area contributed by atoms with Crippen molar-refractivity contribution in [3.05, 3.63) is 23.5 Å². The molecule has 62 valence electrons. The van der Waals surface area contributed by atoms with Gasteiger partial charge in [0.15, 0.2) is 11.4 Å². The number of methoxy groups -OCH3 is 1. The quantitative estimate of drug-likeness (QED) is 0.689. The van der Waals surface area contributed by atoms with Gasteiger partial charge in [0.25, 0.3) is 0 Å². The van der Waals surface area contributed by atoms with Crippen molar-refractivity contribution in [3.63, 3.8) is 0 Å². The fourth-order valence-electron chi connectivity index (χ4n) is 0.820. The van der Waals surface area contributed by atoms with Gasteiger partial charge in [0.05, 0.1) is 19.4 Å². The van der Waals surface area contributed by atoms with Gasteiger partial charge in [0.2, 0.25) is 0 Å². The van der Waals surface area contributed by atoms with Crippen LogP contribution in [-0.4, -0.2) is 17.2 Å². The van der Waals surface area contributed by atoms with Crippen LogP contribution in [0.4, 0.5) is 0 Å². The standard InChI is InChI=1S/C8H8N2O2/c1-12-8-3-2-6(5-11)10-7(8)4-9/h2-3,11H,5H2,1H3. The van der Waals surface area contributed by atoms with Crippen molar-refractivity contribution in [1.29, 1.82) is 5.26 Å². The molecular weight excluding hydrogens is 156 g/mol. The third-order valence-electron chi connectivity index (χ3n) is 1.40. The van der Waals surface area contributed by atoms with E-state index in [0.717, 1.165) is 0 Å². The van der Waals surface area contributed by atoms with Crippen LogP contribution < -0.4 is 4.74 Å². The maximum atomic E-state index is 8.71. The second-order valence-electron chi connectivity index (χ2n) is 2.12. The molecule has 1 aromatic rings. The topological polar surface area (TPSA) is 66.1 Å². The third-order valence-corrected chi connectivity index (χ3v) is 1.40. The van der Waals surface area contributed by atoms with Gasteiger partial charge in [-0.2, -0.15) is 5.26 Å². The van der Waals surface area contributed by atoms with Crippen LogP contribution in [0.1, 0.15) is 11.4 Å². The molecule has 0 aliphatic rings. The fourth-order valence-corrected chi connectivity index (χ4v) is 0.820. The number of nitrogens with zero attached hydrogens (tertiary/aromatic N) is 2. The Bertz CT molecular complexity index is 317. The van der Waals surface area contributed by atoms with Crippen LogP contribution in [0, 0.1) is 11.3 Å². The number of hydrogen-bond donors (Lipinski definition) is 1. The van der Waals surface area contributed by atoms with Gasteiger partial charge in [0.1, 0.15) is 6.07 Å². The minimum absolute atomic E-state index is 0.168. The van der Waals surface area contributed by atoms with Crippen LogP contribution >= 0.6 is 0 Å². The fraction of sp³-hybridized carbons (Fsp3) is 0.250. The number of aliphatic hydroxyl groups excluding tert-OH is 1. The van der Waals surface area contributed by atoms with E-state index in [1.165, 1.54) is 7.11 Å². The summed E-state index contributed by atoms with van der Waals surface area (Å²) in [5, 5.41) is 17.3. The molecule has 0 unspecified atom stereocenters. The molecule has 0 aliphatic heterocycles. The maximum Gasteiger partial charge on any atom is 0.182 e. The highest BCUT2D eigenvalue weighted by molar-refractivity contribution is 5.37. The summed E-state index contributed by atoms with van der Waals surface area (Å²) in [7, 11) is 1.47. The number of aromatic nitrogens is 1. The summed E-state index contributed by atoms with van der Waals surface area (Å²) in [6.07, 6.45) is 0. The van der Waals surface area contributed by atoms with Crippen LogP contribution in [-0.2, 0) is 6.61 Å². The molecule has 0 radical (unpaired) electrons. The number of nitriles is 1. The van der Waals surface area contributed by atoms with Crippen LogP contribution in [0.2, 0.25) is 0 Å². The van der Waals surface area contributed by atoms with E-state index in [0.29, 0.717) is 11.4 Å². The van der Waals surface area contributed by atoms with Gasteiger partial charge >= 0.3 is 0 Å². The van der Waals surface area contributed by atoms with E-state index in [1.807, 2.05) is 6.07 Å². The summed E-state index contributed by atoms with van der Waals surface area (Å²) in [4.78, 5) is 3.84. The zero-order valence-electron chi connectivity index (χ0n) is 6.61. The zero-order chi connectivity index (χ0) is 8.97. The molecule has 12 heavy (non-hydrogen) atoms. The highest BCUT2D eigenvalue weighted by atomic mass is 16.5. The van der Waals surface area contributed by atoms with Crippen molar-refractivity contribution in [1.82, 2.24) is 4.98 Å². The summed E-state index contributed by atoms with van der Waals surface area (Å²) in [5.74, 6) is 0.426. The molecule has 0 atom stereocenters. The highest BCUT2D eigenvalue weighted by Crippen LogP contribution is 2.14. The van der Waals surface area contributed by atoms with Crippen LogP contribution in [0.3, 0.4) is 0 Å². The SMILES string of the molecule is COc1ccc(CO)nc1C#N. The van der Waals surface area contributed by atoms with Gasteiger partial charge < -0.3 is 9.84 Å². The third kappa shape index (κ3) is 1.52. The molecule has 0 spiro atoms.